The molecule has 26 heavy (non-hydrogen) atoms. The summed E-state index contributed by atoms with van der Waals surface area (Å²) in [6.45, 7) is 0.797. The van der Waals surface area contributed by atoms with Crippen LogP contribution in [0.4, 0.5) is 21.6 Å². The molecule has 0 saturated carbocycles. The number of nitrogens with one attached hydrogen (secondary N) is 1. The number of para-hydroxylation sites is 1. The van der Waals surface area contributed by atoms with Crippen LogP contribution in [0.5, 0.6) is 0 Å². The molecule has 1 aromatic heterocycles. The maximum atomic E-state index is 13.2. The van der Waals surface area contributed by atoms with Crippen LogP contribution in [0.3, 0.4) is 0 Å². The summed E-state index contributed by atoms with van der Waals surface area (Å²) in [7, 11) is 0. The smallest absolute Gasteiger partial charge is 0.274 e. The van der Waals surface area contributed by atoms with Gasteiger partial charge >= 0.3 is 0 Å². The Bertz CT molecular complexity index is 995. The zero-order valence-electron chi connectivity index (χ0n) is 13.6. The second-order valence-corrected chi connectivity index (χ2v) is 6.28. The lowest BCUT2D eigenvalue weighted by Crippen LogP contribution is -2.18. The molecule has 0 unspecified atom stereocenters. The lowest BCUT2D eigenvalue weighted by Gasteiger charge is -2.18. The Kier molecular flexibility index (Phi) is 4.26. The third-order valence-electron chi connectivity index (χ3n) is 4.23. The topological polar surface area (TPSA) is 58.1 Å². The van der Waals surface area contributed by atoms with E-state index in [0.717, 1.165) is 18.7 Å². The average Bonchev–Trinajstić information content (AvgIpc) is 3.09. The third kappa shape index (κ3) is 3.11. The van der Waals surface area contributed by atoms with Gasteiger partial charge < -0.3 is 10.2 Å². The molecule has 7 heteroatoms. The van der Waals surface area contributed by atoms with Crippen molar-refractivity contribution in [3.05, 3.63) is 77.0 Å². The summed E-state index contributed by atoms with van der Waals surface area (Å²) in [5, 5.41) is 2.61. The fourth-order valence-electron chi connectivity index (χ4n) is 2.96. The van der Waals surface area contributed by atoms with Gasteiger partial charge in [0.25, 0.3) is 5.91 Å². The van der Waals surface area contributed by atoms with E-state index in [-0.39, 0.29) is 10.7 Å². The fraction of sp³-hybridized carbons (Fsp3) is 0.105. The molecule has 2 aromatic carbocycles. The van der Waals surface area contributed by atoms with Gasteiger partial charge in [-0.3, -0.25) is 4.79 Å². The third-order valence-corrected chi connectivity index (χ3v) is 4.52. The number of aromatic nitrogens is 2. The minimum atomic E-state index is -0.540. The standard InChI is InChI=1S/C19H14ClFN4O/c20-14-9-13(5-6-15(14)21)24-19(26)16-10-18(23-11-22-16)25-8-7-12-3-1-2-4-17(12)25/h1-6,9-11H,7-8H2,(H,24,26). The van der Waals surface area contributed by atoms with Gasteiger partial charge in [-0.15, -0.1) is 0 Å². The Morgan fingerprint density at radius 3 is 2.85 bits per heavy atom. The van der Waals surface area contributed by atoms with Gasteiger partial charge in [0.05, 0.1) is 5.02 Å². The molecule has 0 aliphatic carbocycles. The number of hydrogen-bond acceptors (Lipinski definition) is 4. The van der Waals surface area contributed by atoms with Crippen LogP contribution in [0.15, 0.2) is 54.9 Å². The number of anilines is 3. The zero-order chi connectivity index (χ0) is 18.1. The summed E-state index contributed by atoms with van der Waals surface area (Å²) in [5.74, 6) is -0.294. The van der Waals surface area contributed by atoms with E-state index in [1.807, 2.05) is 18.2 Å². The molecule has 4 rings (SSSR count). The Morgan fingerprint density at radius 1 is 1.15 bits per heavy atom. The van der Waals surface area contributed by atoms with Crippen LogP contribution in [-0.2, 0) is 6.42 Å². The van der Waals surface area contributed by atoms with Crippen molar-refractivity contribution in [1.29, 1.82) is 0 Å². The summed E-state index contributed by atoms with van der Waals surface area (Å²) in [6, 6.07) is 13.7. The fourth-order valence-corrected chi connectivity index (χ4v) is 3.14. The first kappa shape index (κ1) is 16.5. The Hall–Kier alpha value is -2.99. The lowest BCUT2D eigenvalue weighted by atomic mass is 10.2. The van der Waals surface area contributed by atoms with E-state index >= 15 is 0 Å². The second kappa shape index (κ2) is 6.72. The number of hydrogen-bond donors (Lipinski definition) is 1. The van der Waals surface area contributed by atoms with Gasteiger partial charge in [-0.2, -0.15) is 0 Å². The van der Waals surface area contributed by atoms with Gasteiger partial charge in [-0.25, -0.2) is 14.4 Å². The number of rotatable bonds is 3. The first-order chi connectivity index (χ1) is 12.6. The quantitative estimate of drug-likeness (QED) is 0.752. The van der Waals surface area contributed by atoms with E-state index in [4.69, 9.17) is 11.6 Å². The number of carbonyl (C=O) groups excluding carboxylic acids is 1. The van der Waals surface area contributed by atoms with Crippen LogP contribution in [0, 0.1) is 5.82 Å². The number of nitrogens with zero attached hydrogens (tertiary/aromatic N) is 3. The molecule has 1 N–H and O–H groups in total. The van der Waals surface area contributed by atoms with Gasteiger partial charge in [0.15, 0.2) is 0 Å². The Morgan fingerprint density at radius 2 is 2.00 bits per heavy atom. The summed E-state index contributed by atoms with van der Waals surface area (Å²) in [5.41, 5.74) is 2.95. The molecule has 1 aliphatic rings. The molecule has 0 fully saturated rings. The van der Waals surface area contributed by atoms with Crippen molar-refractivity contribution in [3.8, 4) is 0 Å². The first-order valence-electron chi connectivity index (χ1n) is 8.06. The van der Waals surface area contributed by atoms with E-state index in [1.165, 1.54) is 30.1 Å². The molecule has 1 aliphatic heterocycles. The van der Waals surface area contributed by atoms with Gasteiger partial charge in [0, 0.05) is 24.0 Å². The summed E-state index contributed by atoms with van der Waals surface area (Å²) in [4.78, 5) is 22.9. The highest BCUT2D eigenvalue weighted by molar-refractivity contribution is 6.31. The van der Waals surface area contributed by atoms with Crippen molar-refractivity contribution >= 4 is 34.7 Å². The molecule has 0 saturated heterocycles. The predicted octanol–water partition coefficient (Wildman–Crippen LogP) is 4.22. The monoisotopic (exact) mass is 368 g/mol. The highest BCUT2D eigenvalue weighted by Crippen LogP contribution is 2.33. The predicted molar refractivity (Wildman–Crippen MR) is 98.5 cm³/mol. The van der Waals surface area contributed by atoms with Crippen molar-refractivity contribution < 1.29 is 9.18 Å². The van der Waals surface area contributed by atoms with E-state index in [9.17, 15) is 9.18 Å². The minimum absolute atomic E-state index is 0.0557. The normalized spacial score (nSPS) is 12.8. The van der Waals surface area contributed by atoms with Crippen LogP contribution < -0.4 is 10.2 Å². The molecule has 0 atom stereocenters. The molecule has 3 aromatic rings. The van der Waals surface area contributed by atoms with Gasteiger partial charge in [0.2, 0.25) is 0 Å². The number of benzene rings is 2. The van der Waals surface area contributed by atoms with Crippen molar-refractivity contribution in [2.24, 2.45) is 0 Å². The molecule has 1 amide bonds. The number of fused-ring (bicyclic) bond motifs is 1. The molecule has 130 valence electrons. The number of carbonyl (C=O) groups is 1. The Labute approximate surface area is 154 Å². The van der Waals surface area contributed by atoms with Crippen LogP contribution in [-0.4, -0.2) is 22.4 Å². The Balaban J connectivity index is 1.58. The van der Waals surface area contributed by atoms with Gasteiger partial charge in [-0.05, 0) is 36.2 Å². The maximum Gasteiger partial charge on any atom is 0.274 e. The molecule has 0 bridgehead atoms. The molecule has 2 heterocycles. The second-order valence-electron chi connectivity index (χ2n) is 5.87. The first-order valence-corrected chi connectivity index (χ1v) is 8.43. The van der Waals surface area contributed by atoms with Crippen molar-refractivity contribution in [2.45, 2.75) is 6.42 Å². The van der Waals surface area contributed by atoms with Crippen LogP contribution in [0.2, 0.25) is 5.02 Å². The van der Waals surface area contributed by atoms with Gasteiger partial charge in [0.1, 0.15) is 23.7 Å². The maximum absolute atomic E-state index is 13.2. The summed E-state index contributed by atoms with van der Waals surface area (Å²) in [6.07, 6.45) is 2.29. The summed E-state index contributed by atoms with van der Waals surface area (Å²) >= 11 is 5.74. The molecular weight excluding hydrogens is 355 g/mol. The van der Waals surface area contributed by atoms with Crippen LogP contribution >= 0.6 is 11.6 Å². The molecule has 5 nitrogen and oxygen atoms in total. The lowest BCUT2D eigenvalue weighted by molar-refractivity contribution is 0.102. The van der Waals surface area contributed by atoms with Crippen molar-refractivity contribution in [1.82, 2.24) is 9.97 Å². The largest absolute Gasteiger partial charge is 0.326 e. The van der Waals surface area contributed by atoms with E-state index in [2.05, 4.69) is 26.3 Å². The van der Waals surface area contributed by atoms with Crippen molar-refractivity contribution in [2.75, 3.05) is 16.8 Å². The highest BCUT2D eigenvalue weighted by atomic mass is 35.5. The van der Waals surface area contributed by atoms with E-state index in [0.29, 0.717) is 11.5 Å². The SMILES string of the molecule is O=C(Nc1ccc(F)c(Cl)c1)c1cc(N2CCc3ccccc32)ncn1. The van der Waals surface area contributed by atoms with Gasteiger partial charge in [-0.1, -0.05) is 29.8 Å². The molecular formula is C19H14ClFN4O. The molecule has 0 spiro atoms. The average molecular weight is 369 g/mol. The van der Waals surface area contributed by atoms with E-state index < -0.39 is 11.7 Å². The molecule has 0 radical (unpaired) electrons. The minimum Gasteiger partial charge on any atom is -0.326 e. The van der Waals surface area contributed by atoms with Crippen LogP contribution in [0.25, 0.3) is 0 Å². The van der Waals surface area contributed by atoms with Crippen molar-refractivity contribution in [3.63, 3.8) is 0 Å². The summed E-state index contributed by atoms with van der Waals surface area (Å²) < 4.78 is 13.2. The number of amides is 1. The zero-order valence-corrected chi connectivity index (χ0v) is 14.4. The van der Waals surface area contributed by atoms with Crippen LogP contribution in [0.1, 0.15) is 16.1 Å². The number of halogens is 2. The van der Waals surface area contributed by atoms with E-state index in [1.54, 1.807) is 6.07 Å². The highest BCUT2D eigenvalue weighted by Gasteiger charge is 2.22.